The van der Waals surface area contributed by atoms with Crippen molar-refractivity contribution in [1.29, 1.82) is 0 Å². The van der Waals surface area contributed by atoms with Crippen LogP contribution in [0.2, 0.25) is 5.02 Å². The Hall–Kier alpha value is -3.32. The molecule has 1 aromatic heterocycles. The van der Waals surface area contributed by atoms with Gasteiger partial charge in [0.05, 0.1) is 6.04 Å². The van der Waals surface area contributed by atoms with Gasteiger partial charge in [0.2, 0.25) is 5.88 Å². The van der Waals surface area contributed by atoms with Gasteiger partial charge in [-0.05, 0) is 61.4 Å². The Balaban J connectivity index is 1.45. The highest BCUT2D eigenvalue weighted by molar-refractivity contribution is 6.31. The van der Waals surface area contributed by atoms with Crippen molar-refractivity contribution in [1.82, 2.24) is 14.9 Å². The molecule has 1 N–H and O–H groups in total. The number of carbonyl (C=O) groups excluding carboxylic acids is 2. The minimum absolute atomic E-state index is 0.0924. The zero-order valence-electron chi connectivity index (χ0n) is 20.5. The number of nitrogens with zero attached hydrogens (tertiary/aromatic N) is 3. The van der Waals surface area contributed by atoms with E-state index in [0.29, 0.717) is 35.4 Å². The van der Waals surface area contributed by atoms with Crippen molar-refractivity contribution < 1.29 is 14.3 Å². The van der Waals surface area contributed by atoms with Gasteiger partial charge in [0.15, 0.2) is 5.82 Å². The van der Waals surface area contributed by atoms with Crippen LogP contribution in [0.4, 0.5) is 10.6 Å². The molecule has 1 unspecified atom stereocenters. The topological polar surface area (TPSA) is 76.5 Å². The van der Waals surface area contributed by atoms with Gasteiger partial charge in [0.1, 0.15) is 5.82 Å². The van der Waals surface area contributed by atoms with Crippen molar-refractivity contribution in [3.8, 4) is 5.88 Å². The molecule has 1 aliphatic carbocycles. The number of nitrogens with one attached hydrogen (secondary N) is 1. The first-order valence-corrected chi connectivity index (χ1v) is 13.2. The highest BCUT2D eigenvalue weighted by atomic mass is 35.5. The van der Waals surface area contributed by atoms with Crippen molar-refractivity contribution in [2.75, 3.05) is 11.4 Å². The maximum Gasteiger partial charge on any atom is 0.414 e. The molecule has 0 spiro atoms. The van der Waals surface area contributed by atoms with E-state index in [1.165, 1.54) is 5.56 Å². The number of imidazole rings is 1. The third-order valence-corrected chi connectivity index (χ3v) is 7.17. The predicted octanol–water partition coefficient (Wildman–Crippen LogP) is 6.10. The Kier molecular flexibility index (Phi) is 7.28. The monoisotopic (exact) mass is 506 g/mol. The van der Waals surface area contributed by atoms with Crippen molar-refractivity contribution in [3.63, 3.8) is 0 Å². The number of carbonyl (C=O) groups is 2. The van der Waals surface area contributed by atoms with Crippen LogP contribution in [0.15, 0.2) is 48.5 Å². The van der Waals surface area contributed by atoms with Crippen molar-refractivity contribution >= 4 is 29.4 Å². The lowest BCUT2D eigenvalue weighted by atomic mass is 10.1. The number of halogens is 1. The molecular weight excluding hydrogens is 476 g/mol. The predicted molar refractivity (Wildman–Crippen MR) is 140 cm³/mol. The molecule has 0 fully saturated rings. The Bertz CT molecular complexity index is 1270. The summed E-state index contributed by atoms with van der Waals surface area (Å²) in [7, 11) is 0. The molecule has 188 valence electrons. The molecule has 1 atom stereocenters. The zero-order valence-corrected chi connectivity index (χ0v) is 21.3. The molecule has 0 saturated carbocycles. The van der Waals surface area contributed by atoms with Gasteiger partial charge in [0.25, 0.3) is 5.91 Å². The number of amides is 2. The Morgan fingerprint density at radius 3 is 2.86 bits per heavy atom. The lowest BCUT2D eigenvalue weighted by Gasteiger charge is -2.23. The summed E-state index contributed by atoms with van der Waals surface area (Å²) < 4.78 is 7.91. The highest BCUT2D eigenvalue weighted by Gasteiger charge is 2.31. The van der Waals surface area contributed by atoms with Crippen LogP contribution in [0.25, 0.3) is 0 Å². The third kappa shape index (κ3) is 4.98. The van der Waals surface area contributed by atoms with Crippen LogP contribution >= 0.6 is 11.6 Å². The van der Waals surface area contributed by atoms with E-state index in [0.717, 1.165) is 56.3 Å². The molecule has 36 heavy (non-hydrogen) atoms. The van der Waals surface area contributed by atoms with E-state index < -0.39 is 6.09 Å². The summed E-state index contributed by atoms with van der Waals surface area (Å²) in [6, 6.07) is 15.0. The largest absolute Gasteiger partial charge is 0.414 e. The first-order chi connectivity index (χ1) is 17.5. The van der Waals surface area contributed by atoms with E-state index in [1.807, 2.05) is 16.7 Å². The molecule has 2 aliphatic rings. The molecule has 5 rings (SSSR count). The maximum atomic E-state index is 13.6. The van der Waals surface area contributed by atoms with E-state index in [4.69, 9.17) is 21.3 Å². The first-order valence-electron chi connectivity index (χ1n) is 12.8. The molecule has 0 saturated heterocycles. The molecule has 0 radical (unpaired) electrons. The molecule has 2 heterocycles. The number of aryl methyl sites for hydroxylation is 2. The van der Waals surface area contributed by atoms with Crippen LogP contribution in [-0.2, 0) is 19.4 Å². The van der Waals surface area contributed by atoms with Crippen LogP contribution in [0.1, 0.15) is 72.4 Å². The number of fused-ring (bicyclic) bond motifs is 2. The molecule has 3 aromatic rings. The normalized spacial score (nSPS) is 16.2. The van der Waals surface area contributed by atoms with Gasteiger partial charge in [-0.2, -0.15) is 0 Å². The third-order valence-electron chi connectivity index (χ3n) is 6.94. The number of aromatic nitrogens is 2. The maximum absolute atomic E-state index is 13.6. The molecule has 2 aromatic carbocycles. The Morgan fingerprint density at radius 2 is 2.03 bits per heavy atom. The molecule has 8 heteroatoms. The minimum Gasteiger partial charge on any atom is -0.389 e. The smallest absolute Gasteiger partial charge is 0.389 e. The molecule has 2 amide bonds. The quantitative estimate of drug-likeness (QED) is 0.420. The highest BCUT2D eigenvalue weighted by Crippen LogP contribution is 2.35. The van der Waals surface area contributed by atoms with E-state index in [-0.39, 0.29) is 11.9 Å². The fraction of sp³-hybridized carbons (Fsp3) is 0.393. The Morgan fingerprint density at radius 1 is 1.17 bits per heavy atom. The number of benzene rings is 2. The summed E-state index contributed by atoms with van der Waals surface area (Å²) in [6.45, 7) is 3.24. The summed E-state index contributed by atoms with van der Waals surface area (Å²) in [4.78, 5) is 33.2. The number of rotatable bonds is 7. The van der Waals surface area contributed by atoms with E-state index in [1.54, 1.807) is 29.2 Å². The average Bonchev–Trinajstić information content (AvgIpc) is 3.46. The van der Waals surface area contributed by atoms with E-state index in [2.05, 4.69) is 24.4 Å². The van der Waals surface area contributed by atoms with Gasteiger partial charge in [-0.15, -0.1) is 0 Å². The Labute approximate surface area is 216 Å². The summed E-state index contributed by atoms with van der Waals surface area (Å²) in [5, 5.41) is 3.53. The van der Waals surface area contributed by atoms with Crippen molar-refractivity contribution in [2.24, 2.45) is 0 Å². The second-order valence-corrected chi connectivity index (χ2v) is 9.85. The summed E-state index contributed by atoms with van der Waals surface area (Å²) in [5.74, 6) is 1.36. The molecule has 0 bridgehead atoms. The number of hydrogen-bond donors (Lipinski definition) is 1. The van der Waals surface area contributed by atoms with Crippen LogP contribution in [-0.4, -0.2) is 28.1 Å². The molecule has 7 nitrogen and oxygen atoms in total. The van der Waals surface area contributed by atoms with Crippen LogP contribution in [0.3, 0.4) is 0 Å². The second kappa shape index (κ2) is 10.7. The number of hydrogen-bond acceptors (Lipinski definition) is 4. The van der Waals surface area contributed by atoms with Gasteiger partial charge in [-0.1, -0.05) is 55.3 Å². The molecule has 1 aliphatic heterocycles. The second-order valence-electron chi connectivity index (χ2n) is 9.41. The van der Waals surface area contributed by atoms with Crippen molar-refractivity contribution in [2.45, 2.75) is 64.5 Å². The van der Waals surface area contributed by atoms with Gasteiger partial charge in [-0.3, -0.25) is 14.3 Å². The van der Waals surface area contributed by atoms with Crippen LogP contribution in [0, 0.1) is 0 Å². The first kappa shape index (κ1) is 24.4. The van der Waals surface area contributed by atoms with Gasteiger partial charge in [0, 0.05) is 30.1 Å². The van der Waals surface area contributed by atoms with Gasteiger partial charge in [-0.25, -0.2) is 9.78 Å². The number of unbranched alkanes of at least 4 members (excludes halogenated alkanes) is 1. The van der Waals surface area contributed by atoms with E-state index in [9.17, 15) is 9.59 Å². The summed E-state index contributed by atoms with van der Waals surface area (Å²) in [6.07, 6.45) is 5.68. The average molecular weight is 507 g/mol. The fourth-order valence-corrected chi connectivity index (χ4v) is 5.27. The summed E-state index contributed by atoms with van der Waals surface area (Å²) in [5.41, 5.74) is 2.86. The molecular formula is C28H31ClN4O3. The van der Waals surface area contributed by atoms with Crippen LogP contribution < -0.4 is 15.0 Å². The van der Waals surface area contributed by atoms with Gasteiger partial charge < -0.3 is 10.1 Å². The minimum atomic E-state index is -0.531. The van der Waals surface area contributed by atoms with Gasteiger partial charge >= 0.3 is 6.09 Å². The number of anilines is 1. The number of ether oxygens (including phenoxy) is 1. The van der Waals surface area contributed by atoms with E-state index >= 15 is 0 Å². The van der Waals surface area contributed by atoms with Crippen molar-refractivity contribution in [3.05, 3.63) is 76.1 Å². The summed E-state index contributed by atoms with van der Waals surface area (Å²) >= 11 is 6.18. The SMILES string of the molecule is CCCCN(C(=O)c1cccc(Cl)c1)c1nc2n(c1OC(=O)NC1CCc3ccccc31)CCCC2. The lowest BCUT2D eigenvalue weighted by molar-refractivity contribution is 0.0984. The standard InChI is InChI=1S/C28H31ClN4O3/c1-2-3-16-33(26(34)20-10-8-11-21(29)18-20)25-27(32-17-7-6-13-24(32)31-25)36-28(35)30-23-15-14-19-9-4-5-12-22(19)23/h4-5,8-12,18,23H,2-3,6-7,13-17H2,1H3,(H,30,35). The fourth-order valence-electron chi connectivity index (χ4n) is 5.08. The zero-order chi connectivity index (χ0) is 25.1. The lowest BCUT2D eigenvalue weighted by Crippen LogP contribution is -2.34. The van der Waals surface area contributed by atoms with Crippen LogP contribution in [0.5, 0.6) is 5.88 Å².